The van der Waals surface area contributed by atoms with Gasteiger partial charge in [0.2, 0.25) is 0 Å². The third kappa shape index (κ3) is 3.35. The van der Waals surface area contributed by atoms with Crippen LogP contribution < -0.4 is 5.32 Å². The van der Waals surface area contributed by atoms with Crippen molar-refractivity contribution < 1.29 is 9.90 Å². The number of aliphatic hydroxyl groups excluding tert-OH is 1. The fraction of sp³-hybridized carbons (Fsp3) is 0.333. The van der Waals surface area contributed by atoms with Crippen molar-refractivity contribution in [2.75, 3.05) is 0 Å². The van der Waals surface area contributed by atoms with Crippen LogP contribution in [0.1, 0.15) is 28.8 Å². The average Bonchev–Trinajstić information content (AvgIpc) is 3.00. The molecule has 1 amide bonds. The summed E-state index contributed by atoms with van der Waals surface area (Å²) in [6, 6.07) is 15.8. The Hall–Kier alpha value is -2.66. The first-order valence-electron chi connectivity index (χ1n) is 9.04. The molecule has 1 aromatic heterocycles. The van der Waals surface area contributed by atoms with Crippen molar-refractivity contribution in [1.29, 1.82) is 0 Å². The monoisotopic (exact) mass is 349 g/mol. The molecule has 1 saturated carbocycles. The zero-order valence-electron chi connectivity index (χ0n) is 14.8. The fourth-order valence-corrected chi connectivity index (χ4v) is 3.69. The van der Waals surface area contributed by atoms with Gasteiger partial charge in [0.25, 0.3) is 5.91 Å². The summed E-state index contributed by atoms with van der Waals surface area (Å²) in [6.45, 7) is 0. The lowest BCUT2D eigenvalue weighted by Gasteiger charge is -2.38. The molecule has 2 aromatic carbocycles. The number of nitrogens with zero attached hydrogens (tertiary/aromatic N) is 2. The number of hydrogen-bond acceptors (Lipinski definition) is 3. The van der Waals surface area contributed by atoms with Gasteiger partial charge in [0, 0.05) is 18.7 Å². The molecule has 1 aliphatic rings. The highest BCUT2D eigenvalue weighted by Gasteiger charge is 2.34. The van der Waals surface area contributed by atoms with Gasteiger partial charge < -0.3 is 15.0 Å². The van der Waals surface area contributed by atoms with Crippen LogP contribution in [0.2, 0.25) is 0 Å². The largest absolute Gasteiger partial charge is 0.393 e. The molecule has 134 valence electrons. The highest BCUT2D eigenvalue weighted by atomic mass is 16.3. The lowest BCUT2D eigenvalue weighted by molar-refractivity contribution is 0.0239. The van der Waals surface area contributed by atoms with E-state index in [1.54, 1.807) is 6.33 Å². The molecule has 0 bridgehead atoms. The van der Waals surface area contributed by atoms with E-state index in [4.69, 9.17) is 0 Å². The van der Waals surface area contributed by atoms with Crippen LogP contribution in [0.15, 0.2) is 54.9 Å². The predicted octanol–water partition coefficient (Wildman–Crippen LogP) is 2.69. The van der Waals surface area contributed by atoms with Gasteiger partial charge in [0.05, 0.1) is 23.5 Å². The maximum atomic E-state index is 12.8. The zero-order chi connectivity index (χ0) is 18.1. The van der Waals surface area contributed by atoms with Gasteiger partial charge in [0.1, 0.15) is 0 Å². The van der Waals surface area contributed by atoms with Gasteiger partial charge in [0.15, 0.2) is 0 Å². The van der Waals surface area contributed by atoms with E-state index in [1.165, 1.54) is 5.56 Å². The maximum Gasteiger partial charge on any atom is 0.251 e. The van der Waals surface area contributed by atoms with Crippen molar-refractivity contribution in [3.8, 4) is 0 Å². The third-order valence-electron chi connectivity index (χ3n) is 5.32. The summed E-state index contributed by atoms with van der Waals surface area (Å²) in [5.74, 6) is 0.229. The number of carbonyl (C=O) groups excluding carboxylic acids is 1. The Bertz CT molecular complexity index is 913. The molecule has 4 rings (SSSR count). The van der Waals surface area contributed by atoms with Crippen LogP contribution in [-0.2, 0) is 13.5 Å². The molecule has 2 N–H and O–H groups in total. The summed E-state index contributed by atoms with van der Waals surface area (Å²) in [4.78, 5) is 17.1. The number of fused-ring (bicyclic) bond motifs is 1. The van der Waals surface area contributed by atoms with Crippen LogP contribution in [0.25, 0.3) is 11.0 Å². The molecule has 1 atom stereocenters. The van der Waals surface area contributed by atoms with E-state index in [0.717, 1.165) is 30.3 Å². The summed E-state index contributed by atoms with van der Waals surface area (Å²) in [7, 11) is 1.94. The minimum atomic E-state index is -0.236. The summed E-state index contributed by atoms with van der Waals surface area (Å²) >= 11 is 0. The van der Waals surface area contributed by atoms with Gasteiger partial charge >= 0.3 is 0 Å². The van der Waals surface area contributed by atoms with Gasteiger partial charge in [-0.3, -0.25) is 4.79 Å². The summed E-state index contributed by atoms with van der Waals surface area (Å²) < 4.78 is 1.94. The van der Waals surface area contributed by atoms with Crippen LogP contribution >= 0.6 is 0 Å². The molecule has 1 heterocycles. The second-order valence-corrected chi connectivity index (χ2v) is 7.21. The van der Waals surface area contributed by atoms with Crippen LogP contribution in [-0.4, -0.2) is 32.7 Å². The number of hydrogen-bond donors (Lipinski definition) is 2. The molecule has 0 radical (unpaired) electrons. The molecule has 0 unspecified atom stereocenters. The van der Waals surface area contributed by atoms with Crippen molar-refractivity contribution in [2.24, 2.45) is 13.0 Å². The van der Waals surface area contributed by atoms with E-state index in [9.17, 15) is 9.90 Å². The number of nitrogens with one attached hydrogen (secondary N) is 1. The SMILES string of the molecule is Cn1cnc2cc(C(=O)N[C@H](Cc3ccccc3)C3CC(O)C3)ccc21. The van der Waals surface area contributed by atoms with E-state index >= 15 is 0 Å². The van der Waals surface area contributed by atoms with Crippen LogP contribution in [0.4, 0.5) is 0 Å². The normalized spacial score (nSPS) is 20.5. The van der Waals surface area contributed by atoms with Crippen molar-refractivity contribution in [3.63, 3.8) is 0 Å². The molecule has 5 heteroatoms. The Morgan fingerprint density at radius 3 is 2.77 bits per heavy atom. The molecule has 1 aliphatic carbocycles. The van der Waals surface area contributed by atoms with E-state index in [2.05, 4.69) is 22.4 Å². The topological polar surface area (TPSA) is 67.2 Å². The number of carbonyl (C=O) groups is 1. The minimum absolute atomic E-state index is 0.0210. The van der Waals surface area contributed by atoms with Crippen LogP contribution in [0.3, 0.4) is 0 Å². The van der Waals surface area contributed by atoms with Gasteiger partial charge in [-0.2, -0.15) is 0 Å². The maximum absolute atomic E-state index is 12.8. The van der Waals surface area contributed by atoms with E-state index in [0.29, 0.717) is 11.5 Å². The number of imidazole rings is 1. The summed E-state index contributed by atoms with van der Waals surface area (Å²) in [5, 5.41) is 12.9. The zero-order valence-corrected chi connectivity index (χ0v) is 14.8. The van der Waals surface area contributed by atoms with Gasteiger partial charge in [-0.05, 0) is 48.9 Å². The quantitative estimate of drug-likeness (QED) is 0.744. The molecule has 3 aromatic rings. The second kappa shape index (κ2) is 6.92. The third-order valence-corrected chi connectivity index (χ3v) is 5.32. The van der Waals surface area contributed by atoms with Crippen LogP contribution in [0, 0.1) is 5.92 Å². The number of aliphatic hydroxyl groups is 1. The molecule has 1 fully saturated rings. The standard InChI is InChI=1S/C21H23N3O2/c1-24-13-22-19-12-15(7-8-20(19)24)21(26)23-18(16-10-17(25)11-16)9-14-5-3-2-4-6-14/h2-8,12-13,16-18,25H,9-11H2,1H3,(H,23,26)/t16?,17?,18-/m1/s1. The molecular formula is C21H23N3O2. The summed E-state index contributed by atoms with van der Waals surface area (Å²) in [6.07, 6.45) is 3.78. The Balaban J connectivity index is 1.52. The van der Waals surface area contributed by atoms with Crippen molar-refractivity contribution in [3.05, 3.63) is 66.0 Å². The van der Waals surface area contributed by atoms with Crippen molar-refractivity contribution >= 4 is 16.9 Å². The Kier molecular flexibility index (Phi) is 4.47. The first kappa shape index (κ1) is 16.8. The smallest absolute Gasteiger partial charge is 0.251 e. The highest BCUT2D eigenvalue weighted by molar-refractivity contribution is 5.97. The first-order valence-corrected chi connectivity index (χ1v) is 9.04. The van der Waals surface area contributed by atoms with Crippen LogP contribution in [0.5, 0.6) is 0 Å². The number of rotatable bonds is 5. The van der Waals surface area contributed by atoms with Crippen molar-refractivity contribution in [1.82, 2.24) is 14.9 Å². The molecular weight excluding hydrogens is 326 g/mol. The summed E-state index contributed by atoms with van der Waals surface area (Å²) in [5.41, 5.74) is 3.64. The molecule has 0 spiro atoms. The predicted molar refractivity (Wildman–Crippen MR) is 101 cm³/mol. The average molecular weight is 349 g/mol. The van der Waals surface area contributed by atoms with Gasteiger partial charge in [-0.15, -0.1) is 0 Å². The Morgan fingerprint density at radius 2 is 2.04 bits per heavy atom. The van der Waals surface area contributed by atoms with Gasteiger partial charge in [-0.25, -0.2) is 4.98 Å². The van der Waals surface area contributed by atoms with Crippen molar-refractivity contribution in [2.45, 2.75) is 31.4 Å². The fourth-order valence-electron chi connectivity index (χ4n) is 3.69. The Morgan fingerprint density at radius 1 is 1.27 bits per heavy atom. The number of amides is 1. The van der Waals surface area contributed by atoms with Gasteiger partial charge in [-0.1, -0.05) is 30.3 Å². The molecule has 5 nitrogen and oxygen atoms in total. The van der Waals surface area contributed by atoms with E-state index < -0.39 is 0 Å². The second-order valence-electron chi connectivity index (χ2n) is 7.21. The molecule has 0 aliphatic heterocycles. The van der Waals surface area contributed by atoms with E-state index in [1.807, 2.05) is 48.0 Å². The van der Waals surface area contributed by atoms with E-state index in [-0.39, 0.29) is 18.1 Å². The highest BCUT2D eigenvalue weighted by Crippen LogP contribution is 2.32. The lowest BCUT2D eigenvalue weighted by Crippen LogP contribution is -2.48. The minimum Gasteiger partial charge on any atom is -0.393 e. The Labute approximate surface area is 152 Å². The number of aromatic nitrogens is 2. The lowest BCUT2D eigenvalue weighted by atomic mass is 9.75. The number of benzene rings is 2. The molecule has 0 saturated heterocycles. The first-order chi connectivity index (χ1) is 12.6. The number of aryl methyl sites for hydroxylation is 1. The molecule has 26 heavy (non-hydrogen) atoms.